The number of pyridine rings is 1. The summed E-state index contributed by atoms with van der Waals surface area (Å²) in [5.41, 5.74) is 0.925. The number of hydrogen-bond acceptors (Lipinski definition) is 7. The van der Waals surface area contributed by atoms with Crippen LogP contribution >= 0.6 is 0 Å². The SMILES string of the molecule is C=CCCCOC(=O)N[C@@H](CCCC)C(=O)N1C[C@H](Oc2nccc3ccc(C=C)cc23)C[C@H]1C(=O)OCC. The maximum atomic E-state index is 13.7. The van der Waals surface area contributed by atoms with Gasteiger partial charge < -0.3 is 24.4 Å². The number of esters is 1. The fourth-order valence-electron chi connectivity index (χ4n) is 4.57. The molecule has 0 bridgehead atoms. The normalized spacial score (nSPS) is 17.3. The molecule has 1 aliphatic rings. The molecule has 3 atom stereocenters. The van der Waals surface area contributed by atoms with E-state index in [0.717, 1.165) is 35.6 Å². The second-order valence-electron chi connectivity index (χ2n) is 9.44. The van der Waals surface area contributed by atoms with Gasteiger partial charge in [-0.25, -0.2) is 14.6 Å². The molecule has 1 fully saturated rings. The highest BCUT2D eigenvalue weighted by atomic mass is 16.5. The molecule has 39 heavy (non-hydrogen) atoms. The summed E-state index contributed by atoms with van der Waals surface area (Å²) in [6, 6.07) is 6.08. The number of rotatable bonds is 14. The van der Waals surface area contributed by atoms with Crippen molar-refractivity contribution in [2.75, 3.05) is 19.8 Å². The van der Waals surface area contributed by atoms with Crippen LogP contribution in [0.25, 0.3) is 16.8 Å². The zero-order valence-corrected chi connectivity index (χ0v) is 22.9. The van der Waals surface area contributed by atoms with Crippen LogP contribution in [0.4, 0.5) is 4.79 Å². The molecule has 1 N–H and O–H groups in total. The van der Waals surface area contributed by atoms with Gasteiger partial charge in [-0.3, -0.25) is 4.79 Å². The Bertz CT molecular complexity index is 1170. The second kappa shape index (κ2) is 14.9. The number of allylic oxidation sites excluding steroid dienone is 1. The van der Waals surface area contributed by atoms with Gasteiger partial charge >= 0.3 is 12.1 Å². The number of likely N-dealkylation sites (tertiary alicyclic amines) is 1. The van der Waals surface area contributed by atoms with Crippen LogP contribution in [-0.2, 0) is 19.1 Å². The van der Waals surface area contributed by atoms with E-state index in [2.05, 4.69) is 23.5 Å². The van der Waals surface area contributed by atoms with Gasteiger partial charge in [-0.1, -0.05) is 50.6 Å². The summed E-state index contributed by atoms with van der Waals surface area (Å²) in [6.07, 6.45) is 7.61. The van der Waals surface area contributed by atoms with Gasteiger partial charge in [0.15, 0.2) is 0 Å². The molecule has 2 aromatic rings. The van der Waals surface area contributed by atoms with Crippen LogP contribution in [0.5, 0.6) is 5.88 Å². The van der Waals surface area contributed by atoms with Crippen molar-refractivity contribution in [1.82, 2.24) is 15.2 Å². The van der Waals surface area contributed by atoms with E-state index in [4.69, 9.17) is 14.2 Å². The van der Waals surface area contributed by atoms with Crippen LogP contribution in [0, 0.1) is 0 Å². The minimum Gasteiger partial charge on any atom is -0.472 e. The highest BCUT2D eigenvalue weighted by Gasteiger charge is 2.44. The molecule has 0 radical (unpaired) electrons. The van der Waals surface area contributed by atoms with Crippen molar-refractivity contribution in [3.8, 4) is 5.88 Å². The molecule has 0 unspecified atom stereocenters. The standard InChI is InChI=1S/C30H39N3O6/c1-5-9-11-17-38-30(36)32-25(12-10-6-2)28(34)33-20-23(19-26(33)29(35)37-8-4)39-27-24-18-21(7-3)13-14-22(24)15-16-31-27/h5,7,13-16,18,23,25-26H,1,3,6,8-12,17,19-20H2,2,4H3,(H,32,36)/t23-,25+,26+/m1/s1. The number of carbonyl (C=O) groups is 3. The molecular weight excluding hydrogens is 498 g/mol. The Labute approximate surface area is 230 Å². The number of aromatic nitrogens is 1. The van der Waals surface area contributed by atoms with Crippen molar-refractivity contribution in [2.45, 2.75) is 70.6 Å². The van der Waals surface area contributed by atoms with Crippen LogP contribution < -0.4 is 10.1 Å². The second-order valence-corrected chi connectivity index (χ2v) is 9.44. The molecule has 1 saturated heterocycles. The summed E-state index contributed by atoms with van der Waals surface area (Å²) in [5.74, 6) is -0.449. The summed E-state index contributed by atoms with van der Waals surface area (Å²) >= 11 is 0. The maximum absolute atomic E-state index is 13.7. The largest absolute Gasteiger partial charge is 0.472 e. The van der Waals surface area contributed by atoms with E-state index in [-0.39, 0.29) is 32.1 Å². The quantitative estimate of drug-likeness (QED) is 0.204. The lowest BCUT2D eigenvalue weighted by atomic mass is 10.1. The number of fused-ring (bicyclic) bond motifs is 1. The fraction of sp³-hybridized carbons (Fsp3) is 0.467. The first-order valence-corrected chi connectivity index (χ1v) is 13.6. The Morgan fingerprint density at radius 3 is 2.72 bits per heavy atom. The number of carbonyl (C=O) groups excluding carboxylic acids is 3. The lowest BCUT2D eigenvalue weighted by Gasteiger charge is -2.27. The Kier molecular flexibility index (Phi) is 11.3. The molecule has 210 valence electrons. The first-order valence-electron chi connectivity index (χ1n) is 13.6. The minimum atomic E-state index is -0.837. The fourth-order valence-corrected chi connectivity index (χ4v) is 4.57. The summed E-state index contributed by atoms with van der Waals surface area (Å²) < 4.78 is 16.8. The molecule has 9 heteroatoms. The average Bonchev–Trinajstić information content (AvgIpc) is 3.37. The predicted molar refractivity (Wildman–Crippen MR) is 150 cm³/mol. The van der Waals surface area contributed by atoms with Gasteiger partial charge in [-0.15, -0.1) is 6.58 Å². The van der Waals surface area contributed by atoms with Crippen LogP contribution in [0.2, 0.25) is 0 Å². The number of hydrogen-bond donors (Lipinski definition) is 1. The Morgan fingerprint density at radius 2 is 2.00 bits per heavy atom. The summed E-state index contributed by atoms with van der Waals surface area (Å²) in [6.45, 7) is 11.8. The van der Waals surface area contributed by atoms with E-state index >= 15 is 0 Å². The van der Waals surface area contributed by atoms with Gasteiger partial charge in [0, 0.05) is 18.0 Å². The van der Waals surface area contributed by atoms with E-state index < -0.39 is 30.3 Å². The van der Waals surface area contributed by atoms with E-state index in [1.165, 1.54) is 4.90 Å². The van der Waals surface area contributed by atoms with Gasteiger partial charge in [-0.05, 0) is 49.3 Å². The summed E-state index contributed by atoms with van der Waals surface area (Å²) in [5, 5.41) is 4.47. The van der Waals surface area contributed by atoms with Gasteiger partial charge in [0.05, 0.1) is 19.8 Å². The zero-order chi connectivity index (χ0) is 28.2. The van der Waals surface area contributed by atoms with Crippen LogP contribution in [0.15, 0.2) is 49.7 Å². The minimum absolute atomic E-state index is 0.153. The number of amides is 2. The van der Waals surface area contributed by atoms with Crippen molar-refractivity contribution in [3.05, 3.63) is 55.3 Å². The molecule has 1 aromatic carbocycles. The van der Waals surface area contributed by atoms with Crippen LogP contribution in [-0.4, -0.2) is 65.8 Å². The van der Waals surface area contributed by atoms with Gasteiger partial charge in [-0.2, -0.15) is 0 Å². The smallest absolute Gasteiger partial charge is 0.407 e. The number of nitrogens with one attached hydrogen (secondary N) is 1. The first kappa shape index (κ1) is 29.7. The third kappa shape index (κ3) is 8.05. The van der Waals surface area contributed by atoms with Crippen molar-refractivity contribution in [3.63, 3.8) is 0 Å². The van der Waals surface area contributed by atoms with Gasteiger partial charge in [0.25, 0.3) is 0 Å². The van der Waals surface area contributed by atoms with E-state index in [9.17, 15) is 14.4 Å². The van der Waals surface area contributed by atoms with Crippen LogP contribution in [0.3, 0.4) is 0 Å². The molecule has 1 aliphatic heterocycles. The van der Waals surface area contributed by atoms with E-state index in [1.807, 2.05) is 31.2 Å². The molecule has 2 heterocycles. The molecule has 1 aromatic heterocycles. The van der Waals surface area contributed by atoms with E-state index in [1.54, 1.807) is 25.3 Å². The molecule has 0 spiro atoms. The zero-order valence-electron chi connectivity index (χ0n) is 22.9. The Hall–Kier alpha value is -3.88. The Balaban J connectivity index is 1.80. The summed E-state index contributed by atoms with van der Waals surface area (Å²) in [7, 11) is 0. The van der Waals surface area contributed by atoms with Gasteiger partial charge in [0.1, 0.15) is 18.2 Å². The third-order valence-corrected chi connectivity index (χ3v) is 6.59. The molecule has 0 aliphatic carbocycles. The average molecular weight is 538 g/mol. The molecule has 2 amide bonds. The van der Waals surface area contributed by atoms with Crippen molar-refractivity contribution in [2.24, 2.45) is 0 Å². The topological polar surface area (TPSA) is 107 Å². The van der Waals surface area contributed by atoms with Crippen LogP contribution in [0.1, 0.15) is 57.9 Å². The highest BCUT2D eigenvalue weighted by Crippen LogP contribution is 2.29. The first-order chi connectivity index (χ1) is 18.9. The third-order valence-electron chi connectivity index (χ3n) is 6.59. The number of alkyl carbamates (subject to hydrolysis) is 1. The lowest BCUT2D eigenvalue weighted by molar-refractivity contribution is -0.153. The number of ether oxygens (including phenoxy) is 3. The predicted octanol–water partition coefficient (Wildman–Crippen LogP) is 5.04. The molecule has 3 rings (SSSR count). The van der Waals surface area contributed by atoms with E-state index in [0.29, 0.717) is 18.7 Å². The lowest BCUT2D eigenvalue weighted by Crippen LogP contribution is -2.52. The number of benzene rings is 1. The maximum Gasteiger partial charge on any atom is 0.407 e. The van der Waals surface area contributed by atoms with Crippen molar-refractivity contribution in [1.29, 1.82) is 0 Å². The number of nitrogens with zero attached hydrogens (tertiary/aromatic N) is 2. The molecule has 9 nitrogen and oxygen atoms in total. The summed E-state index contributed by atoms with van der Waals surface area (Å²) in [4.78, 5) is 44.9. The molecular formula is C30H39N3O6. The van der Waals surface area contributed by atoms with Gasteiger partial charge in [0.2, 0.25) is 11.8 Å². The van der Waals surface area contributed by atoms with Crippen molar-refractivity contribution < 1.29 is 28.6 Å². The Morgan fingerprint density at radius 1 is 1.18 bits per heavy atom. The highest BCUT2D eigenvalue weighted by molar-refractivity contribution is 5.91. The molecule has 0 saturated carbocycles. The van der Waals surface area contributed by atoms with Crippen molar-refractivity contribution >= 4 is 34.8 Å². The monoisotopic (exact) mass is 537 g/mol. The number of unbranched alkanes of at least 4 members (excludes halogenated alkanes) is 2.